The quantitative estimate of drug-likeness (QED) is 0.927. The van der Waals surface area contributed by atoms with Gasteiger partial charge in [0, 0.05) is 13.1 Å². The first kappa shape index (κ1) is 13.7. The van der Waals surface area contributed by atoms with Crippen LogP contribution in [0.15, 0.2) is 18.2 Å². The average Bonchev–Trinajstić information content (AvgIpc) is 2.82. The minimum atomic E-state index is 0.129. The molecule has 0 aromatic heterocycles. The summed E-state index contributed by atoms with van der Waals surface area (Å²) in [5.41, 5.74) is 6.51. The molecule has 1 heterocycles. The maximum atomic E-state index is 12.1. The van der Waals surface area contributed by atoms with Gasteiger partial charge < -0.3 is 10.6 Å². The van der Waals surface area contributed by atoms with Crippen molar-refractivity contribution in [3.63, 3.8) is 0 Å². The molecule has 1 aliphatic rings. The molecule has 2 rings (SSSR count). The van der Waals surface area contributed by atoms with Crippen LogP contribution in [0.4, 0.5) is 0 Å². The lowest BCUT2D eigenvalue weighted by atomic mass is 10.1. The van der Waals surface area contributed by atoms with Crippen molar-refractivity contribution in [2.24, 2.45) is 11.7 Å². The largest absolute Gasteiger partial charge is 0.342 e. The number of hydrogen-bond donors (Lipinski definition) is 1. The second-order valence-corrected chi connectivity index (χ2v) is 5.47. The van der Waals surface area contributed by atoms with Crippen LogP contribution in [0, 0.1) is 5.92 Å². The molecule has 1 aromatic rings. The summed E-state index contributed by atoms with van der Waals surface area (Å²) in [5, 5.41) is 1.00. The second kappa shape index (κ2) is 5.91. The van der Waals surface area contributed by atoms with Crippen LogP contribution in [0.25, 0.3) is 0 Å². The van der Waals surface area contributed by atoms with Gasteiger partial charge in [0.2, 0.25) is 5.91 Å². The van der Waals surface area contributed by atoms with Crippen molar-refractivity contribution in [1.82, 2.24) is 4.90 Å². The molecule has 0 aliphatic carbocycles. The lowest BCUT2D eigenvalue weighted by Gasteiger charge is -2.16. The predicted octanol–water partition coefficient (Wildman–Crippen LogP) is 2.34. The summed E-state index contributed by atoms with van der Waals surface area (Å²) in [6.45, 7) is 2.23. The first-order chi connectivity index (χ1) is 8.60. The second-order valence-electron chi connectivity index (χ2n) is 4.66. The van der Waals surface area contributed by atoms with Gasteiger partial charge in [0.25, 0.3) is 0 Å². The molecule has 0 unspecified atom stereocenters. The van der Waals surface area contributed by atoms with E-state index in [-0.39, 0.29) is 5.91 Å². The van der Waals surface area contributed by atoms with Gasteiger partial charge in [-0.15, -0.1) is 0 Å². The number of hydrogen-bond acceptors (Lipinski definition) is 2. The summed E-state index contributed by atoms with van der Waals surface area (Å²) in [7, 11) is 0. The highest BCUT2D eigenvalue weighted by molar-refractivity contribution is 6.42. The van der Waals surface area contributed by atoms with E-state index in [0.717, 1.165) is 25.1 Å². The lowest BCUT2D eigenvalue weighted by molar-refractivity contribution is -0.129. The van der Waals surface area contributed by atoms with Gasteiger partial charge in [-0.2, -0.15) is 0 Å². The first-order valence-corrected chi connectivity index (χ1v) is 6.77. The van der Waals surface area contributed by atoms with Crippen molar-refractivity contribution in [2.75, 3.05) is 19.6 Å². The zero-order chi connectivity index (χ0) is 13.1. The van der Waals surface area contributed by atoms with E-state index in [4.69, 9.17) is 28.9 Å². The molecule has 0 saturated carbocycles. The minimum absolute atomic E-state index is 0.129. The van der Waals surface area contributed by atoms with Gasteiger partial charge in [-0.05, 0) is 36.6 Å². The molecule has 1 amide bonds. The highest BCUT2D eigenvalue weighted by Gasteiger charge is 2.25. The van der Waals surface area contributed by atoms with Gasteiger partial charge in [-0.25, -0.2) is 0 Å². The summed E-state index contributed by atoms with van der Waals surface area (Å²) in [6, 6.07) is 5.31. The smallest absolute Gasteiger partial charge is 0.227 e. The third-order valence-electron chi connectivity index (χ3n) is 3.31. The number of rotatable bonds is 3. The van der Waals surface area contributed by atoms with Crippen LogP contribution < -0.4 is 5.73 Å². The Hall–Kier alpha value is -0.770. The summed E-state index contributed by atoms with van der Waals surface area (Å²) in [6.07, 6.45) is 1.37. The molecule has 1 fully saturated rings. The van der Waals surface area contributed by atoms with Gasteiger partial charge in [0.15, 0.2) is 0 Å². The highest BCUT2D eigenvalue weighted by atomic mass is 35.5. The Balaban J connectivity index is 1.97. The van der Waals surface area contributed by atoms with Gasteiger partial charge in [-0.3, -0.25) is 4.79 Å². The van der Waals surface area contributed by atoms with Crippen molar-refractivity contribution in [3.05, 3.63) is 33.8 Å². The molecule has 18 heavy (non-hydrogen) atoms. The van der Waals surface area contributed by atoms with Gasteiger partial charge >= 0.3 is 0 Å². The van der Waals surface area contributed by atoms with Crippen molar-refractivity contribution in [2.45, 2.75) is 12.8 Å². The number of carbonyl (C=O) groups is 1. The number of nitrogens with two attached hydrogens (primary N) is 1. The fourth-order valence-electron chi connectivity index (χ4n) is 2.19. The minimum Gasteiger partial charge on any atom is -0.342 e. The molecule has 3 nitrogen and oxygen atoms in total. The molecule has 1 atom stereocenters. The maximum Gasteiger partial charge on any atom is 0.227 e. The number of benzene rings is 1. The van der Waals surface area contributed by atoms with Gasteiger partial charge in [-0.1, -0.05) is 29.3 Å². The van der Waals surface area contributed by atoms with E-state index in [9.17, 15) is 4.79 Å². The Labute approximate surface area is 117 Å². The number of likely N-dealkylation sites (tertiary alicyclic amines) is 1. The Bertz CT molecular complexity index is 451. The Morgan fingerprint density at radius 1 is 1.39 bits per heavy atom. The van der Waals surface area contributed by atoms with E-state index in [1.165, 1.54) is 0 Å². The molecule has 1 aromatic carbocycles. The molecular formula is C13H16Cl2N2O. The number of amides is 1. The molecule has 1 saturated heterocycles. The molecule has 2 N–H and O–H groups in total. The first-order valence-electron chi connectivity index (χ1n) is 6.02. The fraction of sp³-hybridized carbons (Fsp3) is 0.462. The Kier molecular flexibility index (Phi) is 4.49. The lowest BCUT2D eigenvalue weighted by Crippen LogP contribution is -2.31. The van der Waals surface area contributed by atoms with E-state index in [1.54, 1.807) is 12.1 Å². The summed E-state index contributed by atoms with van der Waals surface area (Å²) < 4.78 is 0. The van der Waals surface area contributed by atoms with Crippen LogP contribution >= 0.6 is 23.2 Å². The monoisotopic (exact) mass is 286 g/mol. The molecule has 98 valence electrons. The van der Waals surface area contributed by atoms with Crippen LogP contribution in [0.5, 0.6) is 0 Å². The van der Waals surface area contributed by atoms with Crippen LogP contribution in [0.2, 0.25) is 10.0 Å². The van der Waals surface area contributed by atoms with Crippen molar-refractivity contribution < 1.29 is 4.79 Å². The number of halogens is 2. The Morgan fingerprint density at radius 3 is 2.78 bits per heavy atom. The highest BCUT2D eigenvalue weighted by Crippen LogP contribution is 2.23. The van der Waals surface area contributed by atoms with Crippen molar-refractivity contribution in [3.8, 4) is 0 Å². The van der Waals surface area contributed by atoms with Gasteiger partial charge in [0.1, 0.15) is 0 Å². The predicted molar refractivity (Wildman–Crippen MR) is 73.9 cm³/mol. The Morgan fingerprint density at radius 2 is 2.17 bits per heavy atom. The molecular weight excluding hydrogens is 271 g/mol. The summed E-state index contributed by atoms with van der Waals surface area (Å²) >= 11 is 11.8. The van der Waals surface area contributed by atoms with Crippen molar-refractivity contribution in [1.29, 1.82) is 0 Å². The van der Waals surface area contributed by atoms with E-state index in [2.05, 4.69) is 0 Å². The molecule has 0 bridgehead atoms. The average molecular weight is 287 g/mol. The van der Waals surface area contributed by atoms with Crippen LogP contribution in [-0.2, 0) is 11.2 Å². The molecule has 1 aliphatic heterocycles. The maximum absolute atomic E-state index is 12.1. The van der Waals surface area contributed by atoms with Crippen molar-refractivity contribution >= 4 is 29.1 Å². The van der Waals surface area contributed by atoms with Gasteiger partial charge in [0.05, 0.1) is 16.5 Å². The fourth-order valence-corrected chi connectivity index (χ4v) is 2.51. The standard InChI is InChI=1S/C13H16Cl2N2O/c14-11-2-1-9(5-12(11)15)6-13(18)17-4-3-10(7-16)8-17/h1-2,5,10H,3-4,6-8,16H2/t10-/m1/s1. The van der Waals surface area contributed by atoms with E-state index < -0.39 is 0 Å². The van der Waals surface area contributed by atoms with Crippen LogP contribution in [0.3, 0.4) is 0 Å². The topological polar surface area (TPSA) is 46.3 Å². The zero-order valence-electron chi connectivity index (χ0n) is 10.0. The summed E-state index contributed by atoms with van der Waals surface area (Å²) in [4.78, 5) is 14.0. The zero-order valence-corrected chi connectivity index (χ0v) is 11.5. The SMILES string of the molecule is NC[C@H]1CCN(C(=O)Cc2ccc(Cl)c(Cl)c2)C1. The third-order valence-corrected chi connectivity index (χ3v) is 4.05. The molecule has 0 radical (unpaired) electrons. The normalized spacial score (nSPS) is 19.3. The molecule has 5 heteroatoms. The van der Waals surface area contributed by atoms with Crippen LogP contribution in [0.1, 0.15) is 12.0 Å². The molecule has 0 spiro atoms. The van der Waals surface area contributed by atoms with Crippen LogP contribution in [-0.4, -0.2) is 30.4 Å². The van der Waals surface area contributed by atoms with E-state index in [0.29, 0.717) is 28.9 Å². The van der Waals surface area contributed by atoms with E-state index in [1.807, 2.05) is 11.0 Å². The summed E-state index contributed by atoms with van der Waals surface area (Å²) in [5.74, 6) is 0.576. The number of nitrogens with zero attached hydrogens (tertiary/aromatic N) is 1. The third kappa shape index (κ3) is 3.16. The van der Waals surface area contributed by atoms with E-state index >= 15 is 0 Å². The number of carbonyl (C=O) groups excluding carboxylic acids is 1.